The lowest BCUT2D eigenvalue weighted by atomic mass is 10.2. The minimum atomic E-state index is -4.94. The highest BCUT2D eigenvalue weighted by molar-refractivity contribution is 5.33. The highest BCUT2D eigenvalue weighted by Crippen LogP contribution is 2.01. The molecule has 7 heteroatoms. The fourth-order valence-corrected chi connectivity index (χ4v) is 1.56. The Labute approximate surface area is 107 Å². The summed E-state index contributed by atoms with van der Waals surface area (Å²) in [5.41, 5.74) is 4.57. The van der Waals surface area contributed by atoms with E-state index in [0.29, 0.717) is 0 Å². The van der Waals surface area contributed by atoms with Crippen LogP contribution in [0.3, 0.4) is 0 Å². The van der Waals surface area contributed by atoms with E-state index in [4.69, 9.17) is 18.6 Å². The first-order valence-electron chi connectivity index (χ1n) is 5.05. The van der Waals surface area contributed by atoms with Gasteiger partial charge in [0, 0.05) is 19.1 Å². The molecule has 0 saturated heterocycles. The van der Waals surface area contributed by atoms with Crippen LogP contribution in [0.5, 0.6) is 0 Å². The van der Waals surface area contributed by atoms with Crippen LogP contribution in [0.25, 0.3) is 5.65 Å². The van der Waals surface area contributed by atoms with Gasteiger partial charge in [0.25, 0.3) is 0 Å². The highest BCUT2D eigenvalue weighted by Gasteiger charge is 2.07. The number of hydrogen-bond donors (Lipinski definition) is 0. The third-order valence-corrected chi connectivity index (χ3v) is 2.18. The summed E-state index contributed by atoms with van der Waals surface area (Å²) in [4.78, 5) is 4.46. The SMILES string of the molecule is Cc1cc[n+]2c(C)cc(C)nc2c1.[O-][Cl+3]([O-])([O-])[O-]. The number of hydrogen-bond acceptors (Lipinski definition) is 5. The van der Waals surface area contributed by atoms with Gasteiger partial charge in [-0.3, -0.25) is 0 Å². The Morgan fingerprint density at radius 1 is 1.06 bits per heavy atom. The first-order valence-corrected chi connectivity index (χ1v) is 6.28. The molecule has 0 saturated carbocycles. The van der Waals surface area contributed by atoms with Crippen LogP contribution >= 0.6 is 0 Å². The van der Waals surface area contributed by atoms with Gasteiger partial charge in [0.2, 0.25) is 0 Å². The number of fused-ring (bicyclic) bond motifs is 1. The van der Waals surface area contributed by atoms with Gasteiger partial charge in [-0.2, -0.15) is 0 Å². The third kappa shape index (κ3) is 4.91. The van der Waals surface area contributed by atoms with Crippen LogP contribution in [0.15, 0.2) is 24.4 Å². The van der Waals surface area contributed by atoms with E-state index in [1.807, 2.05) is 6.92 Å². The summed E-state index contributed by atoms with van der Waals surface area (Å²) in [7, 11) is -4.94. The summed E-state index contributed by atoms with van der Waals surface area (Å²) in [6.07, 6.45) is 2.06. The van der Waals surface area contributed by atoms with E-state index in [1.54, 1.807) is 0 Å². The molecule has 2 rings (SSSR count). The number of aryl methyl sites for hydroxylation is 3. The van der Waals surface area contributed by atoms with Crippen molar-refractivity contribution < 1.29 is 33.3 Å². The summed E-state index contributed by atoms with van der Waals surface area (Å²) < 4.78 is 36.1. The van der Waals surface area contributed by atoms with E-state index in [1.165, 1.54) is 11.3 Å². The predicted octanol–water partition coefficient (Wildman–Crippen LogP) is -3.01. The molecule has 6 nitrogen and oxygen atoms in total. The van der Waals surface area contributed by atoms with Crippen molar-refractivity contribution in [2.75, 3.05) is 0 Å². The average Bonchev–Trinajstić information content (AvgIpc) is 2.13. The Bertz CT molecular complexity index is 543. The van der Waals surface area contributed by atoms with E-state index in [9.17, 15) is 0 Å². The molecule has 0 radical (unpaired) electrons. The lowest BCUT2D eigenvalue weighted by molar-refractivity contribution is -2.00. The van der Waals surface area contributed by atoms with E-state index in [2.05, 4.69) is 47.6 Å². The van der Waals surface area contributed by atoms with E-state index in [-0.39, 0.29) is 0 Å². The molecule has 0 aromatic carbocycles. The van der Waals surface area contributed by atoms with Crippen LogP contribution in [0, 0.1) is 31.0 Å². The van der Waals surface area contributed by atoms with Gasteiger partial charge in [0.15, 0.2) is 5.69 Å². The van der Waals surface area contributed by atoms with E-state index in [0.717, 1.165) is 11.3 Å². The lowest BCUT2D eigenvalue weighted by Gasteiger charge is -2.17. The van der Waals surface area contributed by atoms with Crippen molar-refractivity contribution in [3.63, 3.8) is 0 Å². The summed E-state index contributed by atoms with van der Waals surface area (Å²) in [5.74, 6) is 0. The molecule has 0 amide bonds. The van der Waals surface area contributed by atoms with Crippen molar-refractivity contribution in [3.8, 4) is 0 Å². The predicted molar refractivity (Wildman–Crippen MR) is 51.6 cm³/mol. The number of pyridine rings is 1. The van der Waals surface area contributed by atoms with Gasteiger partial charge in [-0.1, -0.05) is 0 Å². The minimum absolute atomic E-state index is 1.03. The number of rotatable bonds is 0. The summed E-state index contributed by atoms with van der Waals surface area (Å²) >= 11 is 0. The van der Waals surface area contributed by atoms with Crippen LogP contribution in [-0.2, 0) is 0 Å². The largest absolute Gasteiger partial charge is 0.328 e. The van der Waals surface area contributed by atoms with Crippen LogP contribution in [-0.4, -0.2) is 4.98 Å². The topological polar surface area (TPSA) is 109 Å². The van der Waals surface area contributed by atoms with Gasteiger partial charge in [-0.05, 0) is 30.5 Å². The van der Waals surface area contributed by atoms with Gasteiger partial charge in [-0.25, -0.2) is 23.0 Å². The minimum Gasteiger partial charge on any atom is -0.222 e. The fraction of sp³-hybridized carbons (Fsp3) is 0.273. The average molecular weight is 273 g/mol. The molecule has 0 fully saturated rings. The standard InChI is InChI=1S/C11H13N2.ClHO4/c1-8-4-5-13-10(3)7-9(2)12-11(13)6-8;2-1(3,4)5/h4-7H,1-3H3;(H,2,3,4,5)/q+1;/p-1. The van der Waals surface area contributed by atoms with Gasteiger partial charge in [0.1, 0.15) is 5.69 Å². The third-order valence-electron chi connectivity index (χ3n) is 2.18. The molecule has 98 valence electrons. The van der Waals surface area contributed by atoms with Crippen LogP contribution in [0.1, 0.15) is 17.0 Å². The second-order valence-corrected chi connectivity index (χ2v) is 4.61. The second kappa shape index (κ2) is 5.55. The van der Waals surface area contributed by atoms with E-state index >= 15 is 0 Å². The Balaban J connectivity index is 0.000000280. The van der Waals surface area contributed by atoms with Crippen molar-refractivity contribution in [2.24, 2.45) is 0 Å². The van der Waals surface area contributed by atoms with Crippen LogP contribution < -0.4 is 23.0 Å². The van der Waals surface area contributed by atoms with Crippen LogP contribution in [0.4, 0.5) is 0 Å². The Morgan fingerprint density at radius 2 is 1.61 bits per heavy atom. The summed E-state index contributed by atoms with van der Waals surface area (Å²) in [5, 5.41) is 0. The van der Waals surface area contributed by atoms with Gasteiger partial charge in [0.05, 0.1) is 6.20 Å². The molecule has 0 aliphatic carbocycles. The molecule has 0 spiro atoms. The number of nitrogens with zero attached hydrogens (tertiary/aromatic N) is 2. The zero-order valence-corrected chi connectivity index (χ0v) is 11.0. The maximum absolute atomic E-state index is 8.49. The second-order valence-electron chi connectivity index (χ2n) is 3.85. The summed E-state index contributed by atoms with van der Waals surface area (Å²) in [6, 6.07) is 6.28. The molecule has 0 bridgehead atoms. The molecule has 2 aromatic heterocycles. The molecule has 0 atom stereocenters. The summed E-state index contributed by atoms with van der Waals surface area (Å²) in [6.45, 7) is 6.20. The zero-order chi connectivity index (χ0) is 13.9. The normalized spacial score (nSPS) is 11.1. The molecule has 2 heterocycles. The van der Waals surface area contributed by atoms with Gasteiger partial charge >= 0.3 is 5.65 Å². The molecular weight excluding hydrogens is 260 g/mol. The number of aromatic nitrogens is 2. The van der Waals surface area contributed by atoms with Crippen molar-refractivity contribution >= 4 is 5.65 Å². The van der Waals surface area contributed by atoms with Crippen molar-refractivity contribution in [1.82, 2.24) is 4.98 Å². The molecule has 0 N–H and O–H groups in total. The Hall–Kier alpha value is -1.31. The highest BCUT2D eigenvalue weighted by atomic mass is 35.7. The quantitative estimate of drug-likeness (QED) is 0.475. The molecule has 2 aromatic rings. The molecule has 0 aliphatic rings. The smallest absolute Gasteiger partial charge is 0.222 e. The Kier molecular flexibility index (Phi) is 4.55. The van der Waals surface area contributed by atoms with Crippen molar-refractivity contribution in [3.05, 3.63) is 41.3 Å². The molecular formula is C11H13ClN2O4. The maximum Gasteiger partial charge on any atom is 0.328 e. The van der Waals surface area contributed by atoms with Crippen molar-refractivity contribution in [1.29, 1.82) is 0 Å². The molecule has 0 unspecified atom stereocenters. The number of halogens is 1. The first-order chi connectivity index (χ1) is 8.16. The lowest BCUT2D eigenvalue weighted by Crippen LogP contribution is -2.68. The zero-order valence-electron chi connectivity index (χ0n) is 10.2. The van der Waals surface area contributed by atoms with Gasteiger partial charge < -0.3 is 0 Å². The first kappa shape index (κ1) is 14.7. The van der Waals surface area contributed by atoms with Gasteiger partial charge in [-0.15, -0.1) is 10.2 Å². The maximum atomic E-state index is 8.49. The fourth-order valence-electron chi connectivity index (χ4n) is 1.56. The van der Waals surface area contributed by atoms with Crippen LogP contribution in [0.2, 0.25) is 0 Å². The van der Waals surface area contributed by atoms with E-state index < -0.39 is 10.2 Å². The molecule has 0 aliphatic heterocycles. The van der Waals surface area contributed by atoms with Crippen molar-refractivity contribution in [2.45, 2.75) is 20.8 Å². The Morgan fingerprint density at radius 3 is 2.17 bits per heavy atom. The monoisotopic (exact) mass is 272 g/mol. The molecule has 18 heavy (non-hydrogen) atoms.